The van der Waals surface area contributed by atoms with Crippen LogP contribution in [0.5, 0.6) is 5.88 Å². The molecule has 7 nitrogen and oxygen atoms in total. The molecule has 3 rings (SSSR count). The van der Waals surface area contributed by atoms with Gasteiger partial charge < -0.3 is 23.8 Å². The second-order valence-electron chi connectivity index (χ2n) is 6.98. The van der Waals surface area contributed by atoms with Crippen LogP contribution in [0, 0.1) is 0 Å². The minimum absolute atomic E-state index is 0.0588. The number of hydrogen-bond acceptors (Lipinski definition) is 8. The fourth-order valence-electron chi connectivity index (χ4n) is 3.08. The molecule has 1 unspecified atom stereocenters. The van der Waals surface area contributed by atoms with Crippen LogP contribution in [-0.4, -0.2) is 71.7 Å². The van der Waals surface area contributed by atoms with Gasteiger partial charge in [-0.2, -0.15) is 4.37 Å². The molecule has 9 heteroatoms. The fraction of sp³-hybridized carbons (Fsp3) is 0.857. The summed E-state index contributed by atoms with van der Waals surface area (Å²) in [5.41, 5.74) is 0.0926. The average molecular weight is 340 g/mol. The molecule has 1 atom stereocenters. The van der Waals surface area contributed by atoms with E-state index in [0.29, 0.717) is 12.5 Å². The Labute approximate surface area is 142 Å². The minimum Gasteiger partial charge on any atom is -0.472 e. The molecule has 0 saturated carbocycles. The molecule has 2 aliphatic heterocycles. The molecular weight excluding hydrogens is 315 g/mol. The predicted octanol–water partition coefficient (Wildman–Crippen LogP) is 1.37. The lowest BCUT2D eigenvalue weighted by molar-refractivity contribution is 0.121. The highest BCUT2D eigenvalue weighted by Crippen LogP contribution is 2.28. The molecule has 1 aromatic rings. The van der Waals surface area contributed by atoms with E-state index < -0.39 is 0 Å². The Morgan fingerprint density at radius 1 is 1.30 bits per heavy atom. The van der Waals surface area contributed by atoms with Crippen LogP contribution in [0.15, 0.2) is 0 Å². The van der Waals surface area contributed by atoms with Gasteiger partial charge in [0.1, 0.15) is 6.61 Å². The van der Waals surface area contributed by atoms with Crippen LogP contribution >= 0.6 is 11.7 Å². The van der Waals surface area contributed by atoms with Gasteiger partial charge >= 0.3 is 7.05 Å². The van der Waals surface area contributed by atoms with Crippen LogP contribution in [-0.2, 0) is 9.39 Å². The van der Waals surface area contributed by atoms with Gasteiger partial charge in [0.05, 0.1) is 31.0 Å². The molecule has 0 spiro atoms. The highest BCUT2D eigenvalue weighted by molar-refractivity contribution is 6.99. The second kappa shape index (κ2) is 6.92. The van der Waals surface area contributed by atoms with Gasteiger partial charge in [-0.15, -0.1) is 4.37 Å². The molecule has 0 aromatic carbocycles. The number of hydrogen-bond donors (Lipinski definition) is 0. The molecule has 2 aliphatic rings. The highest BCUT2D eigenvalue weighted by Gasteiger charge is 2.39. The van der Waals surface area contributed by atoms with E-state index in [2.05, 4.69) is 46.1 Å². The summed E-state index contributed by atoms with van der Waals surface area (Å²) in [5.74, 6) is 1.44. The highest BCUT2D eigenvalue weighted by atomic mass is 32.1. The van der Waals surface area contributed by atoms with Gasteiger partial charge in [-0.05, 0) is 27.6 Å². The zero-order valence-electron chi connectivity index (χ0n) is 14.3. The van der Waals surface area contributed by atoms with Gasteiger partial charge in [0.25, 0.3) is 5.88 Å². The number of anilines is 1. The summed E-state index contributed by atoms with van der Waals surface area (Å²) in [6.07, 6.45) is 0.0588. The zero-order chi connectivity index (χ0) is 16.4. The van der Waals surface area contributed by atoms with Crippen LogP contribution in [0.4, 0.5) is 5.82 Å². The minimum atomic E-state index is 0.0588. The molecule has 3 heterocycles. The maximum absolute atomic E-state index is 6.01. The first kappa shape index (κ1) is 16.9. The summed E-state index contributed by atoms with van der Waals surface area (Å²) in [5, 5.41) is 0. The zero-order valence-corrected chi connectivity index (χ0v) is 15.1. The molecule has 0 bridgehead atoms. The summed E-state index contributed by atoms with van der Waals surface area (Å²) < 4.78 is 26.0. The number of aromatic nitrogens is 2. The van der Waals surface area contributed by atoms with Crippen LogP contribution in [0.1, 0.15) is 20.8 Å². The average Bonchev–Trinajstić information content (AvgIpc) is 3.11. The topological polar surface area (TPSA) is 60.0 Å². The quantitative estimate of drug-likeness (QED) is 0.767. The van der Waals surface area contributed by atoms with Gasteiger partial charge in [-0.25, -0.2) is 0 Å². The van der Waals surface area contributed by atoms with Crippen LogP contribution in [0.3, 0.4) is 0 Å². The molecular formula is C14H25BN4O3S. The Bertz CT molecular complexity index is 518. The van der Waals surface area contributed by atoms with Crippen molar-refractivity contribution in [1.82, 2.24) is 13.6 Å². The van der Waals surface area contributed by atoms with Gasteiger partial charge in [0.15, 0.2) is 0 Å². The van der Waals surface area contributed by atoms with E-state index in [4.69, 9.17) is 14.1 Å². The molecule has 0 N–H and O–H groups in total. The van der Waals surface area contributed by atoms with Gasteiger partial charge in [0, 0.05) is 25.2 Å². The Kier molecular flexibility index (Phi) is 5.10. The van der Waals surface area contributed by atoms with Gasteiger partial charge in [0.2, 0.25) is 5.82 Å². The predicted molar refractivity (Wildman–Crippen MR) is 91.4 cm³/mol. The second-order valence-corrected chi connectivity index (χ2v) is 7.51. The van der Waals surface area contributed by atoms with E-state index >= 15 is 0 Å². The third-order valence-corrected chi connectivity index (χ3v) is 4.75. The Morgan fingerprint density at radius 3 is 2.70 bits per heavy atom. The third kappa shape index (κ3) is 3.96. The van der Waals surface area contributed by atoms with E-state index in [1.165, 1.54) is 11.7 Å². The Morgan fingerprint density at radius 2 is 2.04 bits per heavy atom. The van der Waals surface area contributed by atoms with E-state index in [-0.39, 0.29) is 18.7 Å². The van der Waals surface area contributed by atoms with Crippen molar-refractivity contribution in [3.05, 3.63) is 0 Å². The van der Waals surface area contributed by atoms with Crippen molar-refractivity contribution in [3.63, 3.8) is 0 Å². The van der Waals surface area contributed by atoms with E-state index in [0.717, 1.165) is 38.7 Å². The molecule has 2 saturated heterocycles. The monoisotopic (exact) mass is 340 g/mol. The van der Waals surface area contributed by atoms with Gasteiger partial charge in [-0.1, -0.05) is 0 Å². The lowest BCUT2D eigenvalue weighted by Gasteiger charge is -2.32. The van der Waals surface area contributed by atoms with Crippen molar-refractivity contribution in [3.8, 4) is 5.88 Å². The first-order valence-electron chi connectivity index (χ1n) is 8.15. The molecule has 0 amide bonds. The lowest BCUT2D eigenvalue weighted by atomic mass is 9.81. The van der Waals surface area contributed by atoms with E-state index in [1.54, 1.807) is 0 Å². The molecule has 2 fully saturated rings. The van der Waals surface area contributed by atoms with Crippen LogP contribution in [0.2, 0.25) is 6.82 Å². The summed E-state index contributed by atoms with van der Waals surface area (Å²) in [6, 6.07) is 0. The largest absolute Gasteiger partial charge is 0.472 e. The number of nitrogens with zero attached hydrogens (tertiary/aromatic N) is 4. The molecule has 23 heavy (non-hydrogen) atoms. The SMILES string of the molecule is CB1OC(COc2nsnc2N2CCOCC2)CN1C(C)(C)C. The van der Waals surface area contributed by atoms with Crippen molar-refractivity contribution >= 4 is 24.6 Å². The first-order valence-corrected chi connectivity index (χ1v) is 8.88. The third-order valence-electron chi connectivity index (χ3n) is 4.25. The fourth-order valence-corrected chi connectivity index (χ4v) is 3.60. The van der Waals surface area contributed by atoms with Crippen molar-refractivity contribution in [2.45, 2.75) is 39.2 Å². The first-order chi connectivity index (χ1) is 10.9. The maximum Gasteiger partial charge on any atom is 0.380 e. The van der Waals surface area contributed by atoms with Crippen molar-refractivity contribution < 1.29 is 14.1 Å². The Hall–Kier alpha value is -0.895. The number of rotatable bonds is 4. The maximum atomic E-state index is 6.01. The number of morpholine rings is 1. The number of ether oxygens (including phenoxy) is 2. The van der Waals surface area contributed by atoms with E-state index in [1.807, 2.05) is 0 Å². The summed E-state index contributed by atoms with van der Waals surface area (Å²) in [7, 11) is 0.107. The summed E-state index contributed by atoms with van der Waals surface area (Å²) in [4.78, 5) is 4.52. The van der Waals surface area contributed by atoms with Crippen molar-refractivity contribution in [2.75, 3.05) is 44.4 Å². The molecule has 128 valence electrons. The summed E-state index contributed by atoms with van der Waals surface area (Å²) >= 11 is 1.19. The normalized spacial score (nSPS) is 23.6. The van der Waals surface area contributed by atoms with Crippen molar-refractivity contribution in [1.29, 1.82) is 0 Å². The summed E-state index contributed by atoms with van der Waals surface area (Å²) in [6.45, 7) is 13.2. The molecule has 1 aromatic heterocycles. The molecule has 0 radical (unpaired) electrons. The van der Waals surface area contributed by atoms with Gasteiger partial charge in [-0.3, -0.25) is 0 Å². The van der Waals surface area contributed by atoms with E-state index in [9.17, 15) is 0 Å². The van der Waals surface area contributed by atoms with Crippen molar-refractivity contribution in [2.24, 2.45) is 0 Å². The standard InChI is InChI=1S/C14H25BN4O3S/c1-14(2,3)19-9-11(22-15(19)4)10-21-13-12(16-23-17-13)18-5-7-20-8-6-18/h11H,5-10H2,1-4H3. The van der Waals surface area contributed by atoms with Crippen LogP contribution in [0.25, 0.3) is 0 Å². The lowest BCUT2D eigenvalue weighted by Crippen LogP contribution is -2.46. The smallest absolute Gasteiger partial charge is 0.380 e. The molecule has 0 aliphatic carbocycles. The Balaban J connectivity index is 1.56. The van der Waals surface area contributed by atoms with Crippen LogP contribution < -0.4 is 9.64 Å².